The van der Waals surface area contributed by atoms with Crippen molar-refractivity contribution in [3.05, 3.63) is 70.9 Å². The van der Waals surface area contributed by atoms with Crippen molar-refractivity contribution in [2.75, 3.05) is 5.32 Å². The van der Waals surface area contributed by atoms with E-state index >= 15 is 0 Å². The fraction of sp³-hybridized carbons (Fsp3) is 0.167. The van der Waals surface area contributed by atoms with Crippen molar-refractivity contribution in [3.63, 3.8) is 0 Å². The Kier molecular flexibility index (Phi) is 4.77. The van der Waals surface area contributed by atoms with E-state index in [4.69, 9.17) is 0 Å². The van der Waals surface area contributed by atoms with Crippen molar-refractivity contribution in [1.29, 1.82) is 0 Å². The molecule has 0 bridgehead atoms. The average molecular weight is 280 g/mol. The third-order valence-corrected chi connectivity index (χ3v) is 3.29. The summed E-state index contributed by atoms with van der Waals surface area (Å²) in [7, 11) is 0. The van der Waals surface area contributed by atoms with Crippen LogP contribution in [0.4, 0.5) is 10.5 Å². The fourth-order valence-corrected chi connectivity index (χ4v) is 2.05. The van der Waals surface area contributed by atoms with E-state index in [0.717, 1.165) is 22.4 Å². The van der Waals surface area contributed by atoms with Crippen LogP contribution < -0.4 is 10.6 Å². The lowest BCUT2D eigenvalue weighted by Crippen LogP contribution is -2.24. The van der Waals surface area contributed by atoms with Crippen LogP contribution >= 0.6 is 0 Å². The predicted octanol–water partition coefficient (Wildman–Crippen LogP) is 4.40. The van der Waals surface area contributed by atoms with E-state index in [2.05, 4.69) is 10.6 Å². The molecule has 0 heterocycles. The Labute approximate surface area is 125 Å². The molecule has 2 aromatic rings. The third kappa shape index (κ3) is 4.21. The van der Waals surface area contributed by atoms with Gasteiger partial charge < -0.3 is 10.6 Å². The Morgan fingerprint density at radius 2 is 1.57 bits per heavy atom. The highest BCUT2D eigenvalue weighted by atomic mass is 16.2. The van der Waals surface area contributed by atoms with Crippen LogP contribution in [-0.2, 0) is 0 Å². The summed E-state index contributed by atoms with van der Waals surface area (Å²) in [6.45, 7) is 6.00. The molecule has 2 rings (SSSR count). The first-order valence-electron chi connectivity index (χ1n) is 6.93. The topological polar surface area (TPSA) is 41.1 Å². The van der Waals surface area contributed by atoms with Crippen LogP contribution in [0.2, 0.25) is 0 Å². The molecule has 0 radical (unpaired) electrons. The van der Waals surface area contributed by atoms with Crippen LogP contribution in [0.5, 0.6) is 0 Å². The molecule has 2 N–H and O–H groups in total. The van der Waals surface area contributed by atoms with Crippen LogP contribution in [0.3, 0.4) is 0 Å². The molecule has 2 aromatic carbocycles. The van der Waals surface area contributed by atoms with Gasteiger partial charge in [0.25, 0.3) is 0 Å². The van der Waals surface area contributed by atoms with Gasteiger partial charge in [0.05, 0.1) is 0 Å². The first kappa shape index (κ1) is 14.9. The van der Waals surface area contributed by atoms with Gasteiger partial charge in [-0.25, -0.2) is 4.79 Å². The van der Waals surface area contributed by atoms with E-state index in [9.17, 15) is 4.79 Å². The molecule has 0 aliphatic carbocycles. The highest BCUT2D eigenvalue weighted by Gasteiger charge is 2.05. The number of aryl methyl sites for hydroxylation is 3. The van der Waals surface area contributed by atoms with Crippen molar-refractivity contribution in [3.8, 4) is 0 Å². The maximum Gasteiger partial charge on any atom is 0.323 e. The van der Waals surface area contributed by atoms with Crippen LogP contribution in [0.25, 0.3) is 6.08 Å². The van der Waals surface area contributed by atoms with Gasteiger partial charge in [-0.2, -0.15) is 0 Å². The number of rotatable bonds is 3. The van der Waals surface area contributed by atoms with E-state index in [1.54, 1.807) is 6.20 Å². The summed E-state index contributed by atoms with van der Waals surface area (Å²) in [4.78, 5) is 11.9. The summed E-state index contributed by atoms with van der Waals surface area (Å²) in [5.41, 5.74) is 5.22. The fourth-order valence-electron chi connectivity index (χ4n) is 2.05. The molecule has 108 valence electrons. The molecule has 21 heavy (non-hydrogen) atoms. The number of benzene rings is 2. The molecule has 0 fully saturated rings. The molecule has 0 saturated heterocycles. The lowest BCUT2D eigenvalue weighted by atomic mass is 10.1. The van der Waals surface area contributed by atoms with Gasteiger partial charge in [-0.3, -0.25) is 0 Å². The van der Waals surface area contributed by atoms with Crippen LogP contribution in [0, 0.1) is 20.8 Å². The van der Waals surface area contributed by atoms with E-state index in [-0.39, 0.29) is 6.03 Å². The summed E-state index contributed by atoms with van der Waals surface area (Å²) in [6.07, 6.45) is 3.51. The molecular weight excluding hydrogens is 260 g/mol. The molecule has 3 heteroatoms. The number of amides is 2. The van der Waals surface area contributed by atoms with Gasteiger partial charge in [0, 0.05) is 11.9 Å². The van der Waals surface area contributed by atoms with Crippen molar-refractivity contribution in [1.82, 2.24) is 5.32 Å². The average Bonchev–Trinajstić information content (AvgIpc) is 2.45. The van der Waals surface area contributed by atoms with Gasteiger partial charge in [-0.05, 0) is 43.5 Å². The standard InChI is InChI=1S/C18H20N2O/c1-13-7-9-16(10-8-13)11-12-19-18(21)20-17-14(2)5-4-6-15(17)3/h4-12H,1-3H3,(H2,19,20,21)/b12-11+. The summed E-state index contributed by atoms with van der Waals surface area (Å²) in [5.74, 6) is 0. The first-order chi connectivity index (χ1) is 10.1. The maximum atomic E-state index is 11.9. The quantitative estimate of drug-likeness (QED) is 0.859. The Morgan fingerprint density at radius 3 is 2.19 bits per heavy atom. The van der Waals surface area contributed by atoms with E-state index in [1.807, 2.05) is 69.3 Å². The first-order valence-corrected chi connectivity index (χ1v) is 6.93. The molecule has 0 saturated carbocycles. The molecule has 0 aromatic heterocycles. The van der Waals surface area contributed by atoms with Gasteiger partial charge in [0.15, 0.2) is 0 Å². The number of carbonyl (C=O) groups is 1. The number of nitrogens with one attached hydrogen (secondary N) is 2. The molecule has 0 spiro atoms. The number of hydrogen-bond donors (Lipinski definition) is 2. The minimum Gasteiger partial charge on any atom is -0.314 e. The van der Waals surface area contributed by atoms with E-state index < -0.39 is 0 Å². The second-order valence-corrected chi connectivity index (χ2v) is 5.11. The van der Waals surface area contributed by atoms with Gasteiger partial charge in [-0.1, -0.05) is 48.0 Å². The number of hydrogen-bond acceptors (Lipinski definition) is 1. The predicted molar refractivity (Wildman–Crippen MR) is 88.3 cm³/mol. The molecule has 0 aliphatic rings. The Hall–Kier alpha value is -2.55. The van der Waals surface area contributed by atoms with E-state index in [0.29, 0.717) is 0 Å². The SMILES string of the molecule is Cc1ccc(/C=C/NC(=O)Nc2c(C)cccc2C)cc1. The van der Waals surface area contributed by atoms with Crippen LogP contribution in [0.15, 0.2) is 48.7 Å². The zero-order chi connectivity index (χ0) is 15.2. The largest absolute Gasteiger partial charge is 0.323 e. The summed E-state index contributed by atoms with van der Waals surface area (Å²) >= 11 is 0. The molecular formula is C18H20N2O. The zero-order valence-electron chi connectivity index (χ0n) is 12.6. The highest BCUT2D eigenvalue weighted by molar-refractivity contribution is 5.91. The number of urea groups is 1. The molecule has 0 aliphatic heterocycles. The number of anilines is 1. The molecule has 3 nitrogen and oxygen atoms in total. The molecule has 0 atom stereocenters. The summed E-state index contributed by atoms with van der Waals surface area (Å²) in [5, 5.41) is 5.59. The minimum absolute atomic E-state index is 0.240. The Bertz CT molecular complexity index is 637. The van der Waals surface area contributed by atoms with Gasteiger partial charge in [-0.15, -0.1) is 0 Å². The minimum atomic E-state index is -0.240. The van der Waals surface area contributed by atoms with Crippen LogP contribution in [0.1, 0.15) is 22.3 Å². The molecule has 2 amide bonds. The lowest BCUT2D eigenvalue weighted by molar-refractivity contribution is 0.255. The summed E-state index contributed by atoms with van der Waals surface area (Å²) < 4.78 is 0. The number of carbonyl (C=O) groups excluding carboxylic acids is 1. The molecule has 0 unspecified atom stereocenters. The second kappa shape index (κ2) is 6.75. The van der Waals surface area contributed by atoms with Gasteiger partial charge >= 0.3 is 6.03 Å². The van der Waals surface area contributed by atoms with Crippen molar-refractivity contribution >= 4 is 17.8 Å². The normalized spacial score (nSPS) is 10.6. The second-order valence-electron chi connectivity index (χ2n) is 5.11. The Morgan fingerprint density at radius 1 is 0.952 bits per heavy atom. The maximum absolute atomic E-state index is 11.9. The van der Waals surface area contributed by atoms with Crippen molar-refractivity contribution < 1.29 is 4.79 Å². The van der Waals surface area contributed by atoms with Crippen molar-refractivity contribution in [2.45, 2.75) is 20.8 Å². The Balaban J connectivity index is 1.95. The van der Waals surface area contributed by atoms with Crippen LogP contribution in [-0.4, -0.2) is 6.03 Å². The van der Waals surface area contributed by atoms with E-state index in [1.165, 1.54) is 5.56 Å². The zero-order valence-corrected chi connectivity index (χ0v) is 12.6. The smallest absolute Gasteiger partial charge is 0.314 e. The monoisotopic (exact) mass is 280 g/mol. The summed E-state index contributed by atoms with van der Waals surface area (Å²) in [6, 6.07) is 13.8. The lowest BCUT2D eigenvalue weighted by Gasteiger charge is -2.10. The van der Waals surface area contributed by atoms with Gasteiger partial charge in [0.1, 0.15) is 0 Å². The third-order valence-electron chi connectivity index (χ3n) is 3.29. The van der Waals surface area contributed by atoms with Crippen molar-refractivity contribution in [2.24, 2.45) is 0 Å². The van der Waals surface area contributed by atoms with Gasteiger partial charge in [0.2, 0.25) is 0 Å². The highest BCUT2D eigenvalue weighted by Crippen LogP contribution is 2.19. The number of para-hydroxylation sites is 1.